The summed E-state index contributed by atoms with van der Waals surface area (Å²) >= 11 is 1.47. The average Bonchev–Trinajstić information content (AvgIpc) is 3.80. The molecule has 3 aromatic rings. The number of hydrogen-bond acceptors (Lipinski definition) is 10. The molecule has 4 fully saturated rings. The zero-order chi connectivity index (χ0) is 31.8. The molecule has 2 amide bonds. The first-order valence-electron chi connectivity index (χ1n) is 16.8. The molecule has 11 nitrogen and oxygen atoms in total. The van der Waals surface area contributed by atoms with Crippen molar-refractivity contribution in [2.75, 3.05) is 38.2 Å². The number of aliphatic hydroxyl groups excluding tert-OH is 1. The molecule has 12 heteroatoms. The number of hydrogen-bond donors (Lipinski definition) is 2. The molecule has 4 atom stereocenters. The summed E-state index contributed by atoms with van der Waals surface area (Å²) in [6.45, 7) is 8.33. The average molecular weight is 649 g/mol. The number of piperazine rings is 1. The molecule has 4 heterocycles. The predicted molar refractivity (Wildman–Crippen MR) is 175 cm³/mol. The number of fused-ring (bicyclic) bond motifs is 1. The SMILES string of the molecule is CC(C)[C@H]1CN(C(=O)C2CCOC2)CCN1C1CC(C(=O)Nc2nc3ccc(-c4cnc(CO[C@H]5CCC[C@@H]5O)nc4)cc3s2)C1. The van der Waals surface area contributed by atoms with Crippen molar-refractivity contribution in [1.29, 1.82) is 0 Å². The molecule has 4 aliphatic rings. The lowest BCUT2D eigenvalue weighted by Crippen LogP contribution is -2.63. The third-order valence-electron chi connectivity index (χ3n) is 10.3. The summed E-state index contributed by atoms with van der Waals surface area (Å²) in [6, 6.07) is 6.68. The molecule has 2 saturated carbocycles. The van der Waals surface area contributed by atoms with Crippen molar-refractivity contribution >= 4 is 38.5 Å². The second-order valence-electron chi connectivity index (χ2n) is 13.6. The number of rotatable bonds is 9. The van der Waals surface area contributed by atoms with E-state index in [1.54, 1.807) is 12.4 Å². The number of carbonyl (C=O) groups excluding carboxylic acids is 2. The van der Waals surface area contributed by atoms with E-state index in [2.05, 4.69) is 45.1 Å². The van der Waals surface area contributed by atoms with Gasteiger partial charge in [0.15, 0.2) is 11.0 Å². The van der Waals surface area contributed by atoms with Crippen molar-refractivity contribution in [2.24, 2.45) is 17.8 Å². The van der Waals surface area contributed by atoms with Gasteiger partial charge >= 0.3 is 0 Å². The van der Waals surface area contributed by atoms with Crippen LogP contribution in [0.1, 0.15) is 58.2 Å². The number of carbonyl (C=O) groups is 2. The quantitative estimate of drug-likeness (QED) is 0.352. The predicted octanol–water partition coefficient (Wildman–Crippen LogP) is 4.11. The number of benzene rings is 1. The first-order chi connectivity index (χ1) is 22.3. The maximum absolute atomic E-state index is 13.2. The van der Waals surface area contributed by atoms with Gasteiger partial charge in [0, 0.05) is 62.2 Å². The molecule has 2 aromatic heterocycles. The highest BCUT2D eigenvalue weighted by Crippen LogP contribution is 2.37. The van der Waals surface area contributed by atoms with E-state index in [1.165, 1.54) is 11.3 Å². The Morgan fingerprint density at radius 3 is 2.65 bits per heavy atom. The molecular weight excluding hydrogens is 604 g/mol. The minimum Gasteiger partial charge on any atom is -0.390 e. The van der Waals surface area contributed by atoms with Crippen LogP contribution in [0.25, 0.3) is 21.3 Å². The van der Waals surface area contributed by atoms with Crippen LogP contribution in [-0.4, -0.2) is 98.8 Å². The van der Waals surface area contributed by atoms with Crippen molar-refractivity contribution in [1.82, 2.24) is 24.8 Å². The van der Waals surface area contributed by atoms with E-state index < -0.39 is 6.10 Å². The fourth-order valence-electron chi connectivity index (χ4n) is 7.36. The van der Waals surface area contributed by atoms with Crippen molar-refractivity contribution < 1.29 is 24.2 Å². The fraction of sp³-hybridized carbons (Fsp3) is 0.618. The van der Waals surface area contributed by atoms with Crippen LogP contribution in [0.3, 0.4) is 0 Å². The topological polar surface area (TPSA) is 130 Å². The van der Waals surface area contributed by atoms with Gasteiger partial charge in [-0.05, 0) is 62.1 Å². The molecule has 46 heavy (non-hydrogen) atoms. The smallest absolute Gasteiger partial charge is 0.229 e. The van der Waals surface area contributed by atoms with Gasteiger partial charge in [-0.2, -0.15) is 0 Å². The number of ether oxygens (including phenoxy) is 2. The van der Waals surface area contributed by atoms with Gasteiger partial charge in [-0.15, -0.1) is 0 Å². The zero-order valence-corrected chi connectivity index (χ0v) is 27.5. The summed E-state index contributed by atoms with van der Waals surface area (Å²) in [4.78, 5) is 44.5. The Labute approximate surface area is 273 Å². The van der Waals surface area contributed by atoms with Crippen LogP contribution in [0.2, 0.25) is 0 Å². The monoisotopic (exact) mass is 648 g/mol. The minimum atomic E-state index is -0.397. The molecule has 0 bridgehead atoms. The van der Waals surface area contributed by atoms with Crippen molar-refractivity contribution in [2.45, 2.75) is 83.3 Å². The summed E-state index contributed by atoms with van der Waals surface area (Å²) in [6.07, 6.45) is 8.18. The van der Waals surface area contributed by atoms with Gasteiger partial charge in [0.25, 0.3) is 0 Å². The highest BCUT2D eigenvalue weighted by Gasteiger charge is 2.44. The first kappa shape index (κ1) is 31.6. The summed E-state index contributed by atoms with van der Waals surface area (Å²) in [5.41, 5.74) is 2.71. The van der Waals surface area contributed by atoms with Crippen LogP contribution in [0.5, 0.6) is 0 Å². The zero-order valence-electron chi connectivity index (χ0n) is 26.6. The summed E-state index contributed by atoms with van der Waals surface area (Å²) < 4.78 is 12.3. The summed E-state index contributed by atoms with van der Waals surface area (Å²) in [5, 5.41) is 13.7. The molecule has 2 aliphatic heterocycles. The van der Waals surface area contributed by atoms with E-state index in [4.69, 9.17) is 9.47 Å². The van der Waals surface area contributed by atoms with Crippen molar-refractivity contribution in [3.05, 3.63) is 36.4 Å². The van der Waals surface area contributed by atoms with Gasteiger partial charge in [0.1, 0.15) is 6.61 Å². The summed E-state index contributed by atoms with van der Waals surface area (Å²) in [7, 11) is 0. The Balaban J connectivity index is 0.919. The van der Waals surface area contributed by atoms with Gasteiger partial charge in [0.2, 0.25) is 11.8 Å². The number of aliphatic hydroxyl groups is 1. The van der Waals surface area contributed by atoms with E-state index in [0.29, 0.717) is 42.2 Å². The van der Waals surface area contributed by atoms with Crippen molar-refractivity contribution in [3.63, 3.8) is 0 Å². The number of amides is 2. The van der Waals surface area contributed by atoms with Gasteiger partial charge in [-0.25, -0.2) is 15.0 Å². The first-order valence-corrected chi connectivity index (χ1v) is 17.6. The minimum absolute atomic E-state index is 0.00861. The lowest BCUT2D eigenvalue weighted by Gasteiger charge is -2.51. The number of aromatic nitrogens is 3. The molecule has 1 unspecified atom stereocenters. The largest absolute Gasteiger partial charge is 0.390 e. The fourth-order valence-corrected chi connectivity index (χ4v) is 8.27. The van der Waals surface area contributed by atoms with Gasteiger partial charge < -0.3 is 24.8 Å². The number of nitrogens with one attached hydrogen (secondary N) is 1. The third kappa shape index (κ3) is 6.68. The summed E-state index contributed by atoms with van der Waals surface area (Å²) in [5.74, 6) is 1.26. The number of anilines is 1. The van der Waals surface area contributed by atoms with Gasteiger partial charge in [0.05, 0.1) is 34.9 Å². The van der Waals surface area contributed by atoms with Crippen LogP contribution >= 0.6 is 11.3 Å². The lowest BCUT2D eigenvalue weighted by molar-refractivity contribution is -0.141. The Bertz CT molecular complexity index is 1540. The van der Waals surface area contributed by atoms with Crippen molar-refractivity contribution in [3.8, 4) is 11.1 Å². The van der Waals surface area contributed by atoms with Crippen LogP contribution < -0.4 is 5.32 Å². The molecule has 0 radical (unpaired) electrons. The Morgan fingerprint density at radius 1 is 1.11 bits per heavy atom. The molecule has 0 spiro atoms. The van der Waals surface area contributed by atoms with E-state index in [1.807, 2.05) is 17.0 Å². The molecule has 2 N–H and O–H groups in total. The Morgan fingerprint density at radius 2 is 1.93 bits per heavy atom. The van der Waals surface area contributed by atoms with Gasteiger partial charge in [-0.3, -0.25) is 14.5 Å². The Hall–Kier alpha value is -3.03. The highest BCUT2D eigenvalue weighted by atomic mass is 32.1. The van der Waals surface area contributed by atoms with E-state index >= 15 is 0 Å². The van der Waals surface area contributed by atoms with E-state index in [-0.39, 0.29) is 36.4 Å². The molecule has 2 saturated heterocycles. The van der Waals surface area contributed by atoms with E-state index in [9.17, 15) is 14.7 Å². The maximum atomic E-state index is 13.2. The molecule has 2 aliphatic carbocycles. The highest BCUT2D eigenvalue weighted by molar-refractivity contribution is 7.22. The number of nitrogens with zero attached hydrogens (tertiary/aromatic N) is 5. The molecular formula is C34H44N6O5S. The normalized spacial score (nSPS) is 28.6. The Kier molecular flexibility index (Phi) is 9.33. The third-order valence-corrected chi connectivity index (χ3v) is 11.2. The lowest BCUT2D eigenvalue weighted by atomic mass is 9.77. The molecule has 246 valence electrons. The molecule has 7 rings (SSSR count). The second-order valence-corrected chi connectivity index (χ2v) is 14.7. The van der Waals surface area contributed by atoms with E-state index in [0.717, 1.165) is 79.5 Å². The van der Waals surface area contributed by atoms with Gasteiger partial charge in [-0.1, -0.05) is 31.3 Å². The van der Waals surface area contributed by atoms with Crippen LogP contribution in [0.4, 0.5) is 5.13 Å². The van der Waals surface area contributed by atoms with Crippen LogP contribution in [-0.2, 0) is 25.7 Å². The standard InChI is InChI=1S/C34H44N6O5S/c1-20(2)27-17-39(33(43)22-8-11-44-18-22)9-10-40(27)25-12-23(13-25)32(42)38-34-37-26-7-6-21(14-30(26)46-34)24-15-35-31(36-16-24)19-45-29-5-3-4-28(29)41/h6-7,14-16,20,22-23,25,27-29,41H,3-5,8-13,17-19H2,1-2H3,(H,37,38,42)/t22?,23?,25?,27-,28+,29+/m1/s1. The maximum Gasteiger partial charge on any atom is 0.229 e. The van der Waals surface area contributed by atoms with Crippen LogP contribution in [0.15, 0.2) is 30.6 Å². The number of thiazole rings is 1. The van der Waals surface area contributed by atoms with Crippen LogP contribution in [0, 0.1) is 17.8 Å². The second kappa shape index (κ2) is 13.6. The molecule has 1 aromatic carbocycles.